The normalized spacial score (nSPS) is 14.5. The third kappa shape index (κ3) is 4.63. The molecule has 2 aromatic heterocycles. The highest BCUT2D eigenvalue weighted by Gasteiger charge is 2.24. The Labute approximate surface area is 203 Å². The van der Waals surface area contributed by atoms with E-state index < -0.39 is 0 Å². The maximum absolute atomic E-state index is 12.5. The molecular formula is C26H29N5O2S. The number of rotatable bonds is 6. The zero-order chi connectivity index (χ0) is 23.7. The number of nitrogens with one attached hydrogen (secondary N) is 1. The lowest BCUT2D eigenvalue weighted by molar-refractivity contribution is -0.121. The number of nitrogens with zero attached hydrogens (tertiary/aromatic N) is 4. The first-order valence-corrected chi connectivity index (χ1v) is 12.4. The third-order valence-corrected chi connectivity index (χ3v) is 7.52. The molecule has 8 heteroatoms. The number of hydrogen-bond donors (Lipinski definition) is 1. The molecule has 1 aliphatic heterocycles. The van der Waals surface area contributed by atoms with Crippen LogP contribution in [0.1, 0.15) is 29.7 Å². The minimum absolute atomic E-state index is 0.0671. The first-order valence-electron chi connectivity index (χ1n) is 11.6. The summed E-state index contributed by atoms with van der Waals surface area (Å²) < 4.78 is 8.25. The van der Waals surface area contributed by atoms with E-state index in [1.54, 1.807) is 18.4 Å². The lowest BCUT2D eigenvalue weighted by atomic mass is 10.0. The van der Waals surface area contributed by atoms with E-state index in [0.29, 0.717) is 6.42 Å². The molecule has 2 aromatic carbocycles. The summed E-state index contributed by atoms with van der Waals surface area (Å²) in [5.41, 5.74) is 5.15. The second kappa shape index (κ2) is 9.46. The first-order chi connectivity index (χ1) is 16.5. The van der Waals surface area contributed by atoms with Crippen LogP contribution in [0.15, 0.2) is 48.5 Å². The standard InChI is InChI=1S/C26H29N5O2S/c1-17-4-8-21(9-5-17)31-25-24(18(2)29-31)34-26(28-25)30-14-12-20(13-15-30)27-23(32)16-19-6-10-22(33-3)11-7-19/h4-11,20H,12-16H2,1-3H3,(H,27,32). The van der Waals surface area contributed by atoms with Crippen molar-refractivity contribution in [1.82, 2.24) is 20.1 Å². The molecule has 1 saturated heterocycles. The first kappa shape index (κ1) is 22.4. The topological polar surface area (TPSA) is 72.3 Å². The number of carbonyl (C=O) groups excluding carboxylic acids is 1. The molecule has 7 nitrogen and oxygen atoms in total. The number of anilines is 1. The molecule has 1 N–H and O–H groups in total. The Bertz CT molecular complexity index is 1290. The van der Waals surface area contributed by atoms with Gasteiger partial charge in [0.25, 0.3) is 0 Å². The van der Waals surface area contributed by atoms with E-state index in [1.807, 2.05) is 35.9 Å². The molecule has 0 atom stereocenters. The van der Waals surface area contributed by atoms with E-state index in [4.69, 9.17) is 14.8 Å². The lowest BCUT2D eigenvalue weighted by Gasteiger charge is -2.32. The van der Waals surface area contributed by atoms with Crippen LogP contribution in [0.25, 0.3) is 16.0 Å². The van der Waals surface area contributed by atoms with E-state index in [-0.39, 0.29) is 11.9 Å². The molecule has 34 heavy (non-hydrogen) atoms. The summed E-state index contributed by atoms with van der Waals surface area (Å²) in [4.78, 5) is 19.8. The minimum Gasteiger partial charge on any atom is -0.497 e. The van der Waals surface area contributed by atoms with Crippen molar-refractivity contribution in [1.29, 1.82) is 0 Å². The summed E-state index contributed by atoms with van der Waals surface area (Å²) >= 11 is 1.70. The number of benzene rings is 2. The van der Waals surface area contributed by atoms with Crippen LogP contribution >= 0.6 is 11.3 Å². The summed E-state index contributed by atoms with van der Waals surface area (Å²) in [6, 6.07) is 16.2. The van der Waals surface area contributed by atoms with Gasteiger partial charge in [0.05, 0.1) is 29.6 Å². The van der Waals surface area contributed by atoms with E-state index in [2.05, 4.69) is 41.4 Å². The minimum atomic E-state index is 0.0671. The Morgan fingerprint density at radius 2 is 1.79 bits per heavy atom. The summed E-state index contributed by atoms with van der Waals surface area (Å²) in [6.45, 7) is 5.88. The third-order valence-electron chi connectivity index (χ3n) is 6.31. The summed E-state index contributed by atoms with van der Waals surface area (Å²) in [5.74, 6) is 0.866. The van der Waals surface area contributed by atoms with Crippen molar-refractivity contribution < 1.29 is 9.53 Å². The molecule has 0 aliphatic carbocycles. The van der Waals surface area contributed by atoms with Crippen LogP contribution in [0.3, 0.4) is 0 Å². The number of hydrogen-bond acceptors (Lipinski definition) is 6. The Kier molecular flexibility index (Phi) is 6.24. The Morgan fingerprint density at radius 3 is 2.47 bits per heavy atom. The lowest BCUT2D eigenvalue weighted by Crippen LogP contribution is -2.45. The molecule has 176 valence electrons. The van der Waals surface area contributed by atoms with Crippen molar-refractivity contribution in [3.8, 4) is 11.4 Å². The van der Waals surface area contributed by atoms with Crippen molar-refractivity contribution >= 4 is 32.7 Å². The van der Waals surface area contributed by atoms with Crippen molar-refractivity contribution in [2.24, 2.45) is 0 Å². The van der Waals surface area contributed by atoms with E-state index >= 15 is 0 Å². The molecule has 4 aromatic rings. The van der Waals surface area contributed by atoms with Crippen LogP contribution in [0.5, 0.6) is 5.75 Å². The Balaban J connectivity index is 1.21. The predicted molar refractivity (Wildman–Crippen MR) is 136 cm³/mol. The second-order valence-corrected chi connectivity index (χ2v) is 9.81. The quantitative estimate of drug-likeness (QED) is 0.447. The number of amides is 1. The molecule has 0 spiro atoms. The number of methoxy groups -OCH3 is 1. The number of carbonyl (C=O) groups is 1. The zero-order valence-electron chi connectivity index (χ0n) is 19.7. The van der Waals surface area contributed by atoms with Gasteiger partial charge in [0, 0.05) is 19.1 Å². The number of aryl methyl sites for hydroxylation is 2. The molecule has 0 saturated carbocycles. The monoisotopic (exact) mass is 475 g/mol. The summed E-state index contributed by atoms with van der Waals surface area (Å²) in [5, 5.41) is 8.95. The molecule has 0 radical (unpaired) electrons. The van der Waals surface area contributed by atoms with Gasteiger partial charge >= 0.3 is 0 Å². The van der Waals surface area contributed by atoms with E-state index in [9.17, 15) is 4.79 Å². The van der Waals surface area contributed by atoms with Crippen LogP contribution in [0, 0.1) is 13.8 Å². The second-order valence-electron chi connectivity index (χ2n) is 8.84. The molecular weight excluding hydrogens is 446 g/mol. The number of thiazole rings is 1. The number of ether oxygens (including phenoxy) is 1. The largest absolute Gasteiger partial charge is 0.497 e. The maximum Gasteiger partial charge on any atom is 0.224 e. The van der Waals surface area contributed by atoms with Gasteiger partial charge in [-0.05, 0) is 56.5 Å². The molecule has 0 bridgehead atoms. The van der Waals surface area contributed by atoms with Gasteiger partial charge in [0.2, 0.25) is 5.91 Å². The van der Waals surface area contributed by atoms with Crippen molar-refractivity contribution in [3.63, 3.8) is 0 Å². The Morgan fingerprint density at radius 1 is 1.09 bits per heavy atom. The van der Waals surface area contributed by atoms with Gasteiger partial charge in [-0.2, -0.15) is 10.1 Å². The summed E-state index contributed by atoms with van der Waals surface area (Å²) in [6.07, 6.45) is 2.21. The zero-order valence-corrected chi connectivity index (χ0v) is 20.6. The molecule has 1 fully saturated rings. The molecule has 0 unspecified atom stereocenters. The number of aromatic nitrogens is 3. The van der Waals surface area contributed by atoms with Crippen molar-refractivity contribution in [2.75, 3.05) is 25.1 Å². The van der Waals surface area contributed by atoms with Crippen LogP contribution in [-0.2, 0) is 11.2 Å². The van der Waals surface area contributed by atoms with Gasteiger partial charge in [-0.25, -0.2) is 4.68 Å². The Hall–Kier alpha value is -3.39. The van der Waals surface area contributed by atoms with Crippen molar-refractivity contribution in [2.45, 2.75) is 39.2 Å². The highest BCUT2D eigenvalue weighted by molar-refractivity contribution is 7.22. The fourth-order valence-electron chi connectivity index (χ4n) is 4.35. The van der Waals surface area contributed by atoms with Crippen LogP contribution < -0.4 is 15.0 Å². The van der Waals surface area contributed by atoms with Gasteiger partial charge in [0.15, 0.2) is 10.8 Å². The smallest absolute Gasteiger partial charge is 0.224 e. The number of piperidine rings is 1. The van der Waals surface area contributed by atoms with Gasteiger partial charge in [-0.3, -0.25) is 4.79 Å². The van der Waals surface area contributed by atoms with E-state index in [0.717, 1.165) is 64.1 Å². The van der Waals surface area contributed by atoms with Gasteiger partial charge in [0.1, 0.15) is 5.75 Å². The SMILES string of the molecule is COc1ccc(CC(=O)NC2CCN(c3nc4c(s3)c(C)nn4-c3ccc(C)cc3)CC2)cc1. The number of fused-ring (bicyclic) bond motifs is 1. The van der Waals surface area contributed by atoms with Crippen molar-refractivity contribution in [3.05, 3.63) is 65.4 Å². The van der Waals surface area contributed by atoms with Gasteiger partial charge < -0.3 is 15.0 Å². The van der Waals surface area contributed by atoms with Gasteiger partial charge in [-0.15, -0.1) is 0 Å². The highest BCUT2D eigenvalue weighted by atomic mass is 32.1. The molecule has 1 amide bonds. The van der Waals surface area contributed by atoms with Crippen LogP contribution in [0.2, 0.25) is 0 Å². The highest BCUT2D eigenvalue weighted by Crippen LogP contribution is 2.33. The van der Waals surface area contributed by atoms with Crippen LogP contribution in [0.4, 0.5) is 5.13 Å². The van der Waals surface area contributed by atoms with Crippen LogP contribution in [-0.4, -0.2) is 46.9 Å². The molecule has 3 heterocycles. The molecule has 1 aliphatic rings. The summed E-state index contributed by atoms with van der Waals surface area (Å²) in [7, 11) is 1.64. The molecule has 5 rings (SSSR count). The average molecular weight is 476 g/mol. The fourth-order valence-corrected chi connectivity index (χ4v) is 5.39. The average Bonchev–Trinajstić information content (AvgIpc) is 3.41. The van der Waals surface area contributed by atoms with Gasteiger partial charge in [-0.1, -0.05) is 41.2 Å². The van der Waals surface area contributed by atoms with E-state index in [1.165, 1.54) is 5.56 Å². The fraction of sp³-hybridized carbons (Fsp3) is 0.346. The predicted octanol–water partition coefficient (Wildman–Crippen LogP) is 4.44. The maximum atomic E-state index is 12.5.